The molecule has 94 valence electrons. The quantitative estimate of drug-likeness (QED) is 0.308. The lowest BCUT2D eigenvalue weighted by atomic mass is 10.0. The van der Waals surface area contributed by atoms with Crippen LogP contribution in [0.25, 0.3) is 0 Å². The smallest absolute Gasteiger partial charge is 0.155 e. The molecule has 0 unspecified atom stereocenters. The van der Waals surface area contributed by atoms with Crippen molar-refractivity contribution in [3.8, 4) is 0 Å². The number of hydrogen-bond donors (Lipinski definition) is 0. The monoisotopic (exact) mass is 311 g/mol. The Hall–Kier alpha value is -0.240. The van der Waals surface area contributed by atoms with Crippen LogP contribution in [0.4, 0.5) is 26.3 Å². The van der Waals surface area contributed by atoms with Gasteiger partial charge in [-0.05, 0) is 12.8 Å². The zero-order valence-electron chi connectivity index (χ0n) is 7.82. The standard InChI is InChI=1S/C8H8BrF6N/c9-5-3-1-2-4-6(5)16(7(10,11)12)8(13,14)15/h1-2,5-6H,3-4H2/t5-,6-/m1/s1. The summed E-state index contributed by atoms with van der Waals surface area (Å²) in [7, 11) is 0. The van der Waals surface area contributed by atoms with Gasteiger partial charge in [0.25, 0.3) is 0 Å². The van der Waals surface area contributed by atoms with E-state index < -0.39 is 28.4 Å². The van der Waals surface area contributed by atoms with Crippen molar-refractivity contribution in [2.45, 2.75) is 36.3 Å². The fraction of sp³-hybridized carbons (Fsp3) is 0.750. The van der Waals surface area contributed by atoms with Gasteiger partial charge in [0.2, 0.25) is 0 Å². The van der Waals surface area contributed by atoms with Gasteiger partial charge in [-0.25, -0.2) is 0 Å². The first kappa shape index (κ1) is 13.8. The van der Waals surface area contributed by atoms with Crippen molar-refractivity contribution in [2.24, 2.45) is 0 Å². The van der Waals surface area contributed by atoms with Crippen molar-refractivity contribution in [3.05, 3.63) is 12.2 Å². The molecule has 0 radical (unpaired) electrons. The van der Waals surface area contributed by atoms with Crippen LogP contribution in [0.2, 0.25) is 0 Å². The van der Waals surface area contributed by atoms with Crippen LogP contribution in [0.1, 0.15) is 12.8 Å². The van der Waals surface area contributed by atoms with E-state index in [-0.39, 0.29) is 12.8 Å². The van der Waals surface area contributed by atoms with Crippen LogP contribution >= 0.6 is 15.9 Å². The van der Waals surface area contributed by atoms with Gasteiger partial charge in [-0.15, -0.1) is 4.90 Å². The van der Waals surface area contributed by atoms with E-state index in [0.717, 1.165) is 0 Å². The minimum absolute atomic E-state index is 0.146. The second-order valence-electron chi connectivity index (χ2n) is 3.33. The molecular weight excluding hydrogens is 304 g/mol. The lowest BCUT2D eigenvalue weighted by molar-refractivity contribution is -0.384. The third-order valence-electron chi connectivity index (χ3n) is 2.20. The maximum atomic E-state index is 12.3. The summed E-state index contributed by atoms with van der Waals surface area (Å²) in [5, 5.41) is 0. The highest BCUT2D eigenvalue weighted by molar-refractivity contribution is 9.09. The lowest BCUT2D eigenvalue weighted by Gasteiger charge is -2.37. The Balaban J connectivity index is 2.98. The molecule has 1 aliphatic carbocycles. The van der Waals surface area contributed by atoms with E-state index in [2.05, 4.69) is 15.9 Å². The summed E-state index contributed by atoms with van der Waals surface area (Å²) < 4.78 is 74.0. The van der Waals surface area contributed by atoms with E-state index >= 15 is 0 Å². The third-order valence-corrected chi connectivity index (χ3v) is 3.19. The summed E-state index contributed by atoms with van der Waals surface area (Å²) in [5.41, 5.74) is 0. The first-order valence-electron chi connectivity index (χ1n) is 4.36. The fourth-order valence-electron chi connectivity index (χ4n) is 1.55. The molecule has 2 atom stereocenters. The Kier molecular flexibility index (Phi) is 3.94. The predicted octanol–water partition coefficient (Wildman–Crippen LogP) is 3.81. The van der Waals surface area contributed by atoms with E-state index in [1.165, 1.54) is 6.08 Å². The Morgan fingerprint density at radius 3 is 1.75 bits per heavy atom. The lowest BCUT2D eigenvalue weighted by Crippen LogP contribution is -2.56. The predicted molar refractivity (Wildman–Crippen MR) is 48.8 cm³/mol. The van der Waals surface area contributed by atoms with Gasteiger partial charge in [0.1, 0.15) is 0 Å². The summed E-state index contributed by atoms with van der Waals surface area (Å²) in [6.07, 6.45) is -8.09. The maximum absolute atomic E-state index is 12.3. The van der Waals surface area contributed by atoms with E-state index in [9.17, 15) is 26.3 Å². The molecule has 0 fully saturated rings. The molecule has 16 heavy (non-hydrogen) atoms. The zero-order valence-corrected chi connectivity index (χ0v) is 9.40. The summed E-state index contributed by atoms with van der Waals surface area (Å²) in [4.78, 5) is -2.20. The second kappa shape index (κ2) is 4.56. The summed E-state index contributed by atoms with van der Waals surface area (Å²) >= 11 is 2.85. The Morgan fingerprint density at radius 2 is 1.38 bits per heavy atom. The van der Waals surface area contributed by atoms with E-state index in [4.69, 9.17) is 0 Å². The number of hydrogen-bond acceptors (Lipinski definition) is 1. The summed E-state index contributed by atoms with van der Waals surface area (Å²) in [6, 6.07) is -1.65. The van der Waals surface area contributed by atoms with Gasteiger partial charge in [-0.2, -0.15) is 26.3 Å². The highest BCUT2D eigenvalue weighted by Gasteiger charge is 2.58. The van der Waals surface area contributed by atoms with Crippen LogP contribution in [-0.2, 0) is 0 Å². The van der Waals surface area contributed by atoms with Crippen LogP contribution in [0.3, 0.4) is 0 Å². The zero-order chi connectivity index (χ0) is 12.6. The topological polar surface area (TPSA) is 3.24 Å². The molecule has 1 nitrogen and oxygen atoms in total. The van der Waals surface area contributed by atoms with Crippen LogP contribution < -0.4 is 0 Å². The van der Waals surface area contributed by atoms with Crippen LogP contribution in [-0.4, -0.2) is 28.4 Å². The summed E-state index contributed by atoms with van der Waals surface area (Å²) in [6.45, 7) is 0. The SMILES string of the molecule is FC(F)(F)N([C@@H]1CC=CC[C@H]1Br)C(F)(F)F. The Labute approximate surface area is 96.2 Å². The van der Waals surface area contributed by atoms with Gasteiger partial charge >= 0.3 is 12.6 Å². The molecule has 0 spiro atoms. The Bertz CT molecular complexity index is 257. The molecule has 0 aromatic carbocycles. The van der Waals surface area contributed by atoms with Crippen molar-refractivity contribution in [1.82, 2.24) is 4.90 Å². The van der Waals surface area contributed by atoms with Gasteiger partial charge in [-0.3, -0.25) is 0 Å². The fourth-order valence-corrected chi connectivity index (χ4v) is 2.22. The number of nitrogens with zero attached hydrogens (tertiary/aromatic N) is 1. The van der Waals surface area contributed by atoms with Crippen molar-refractivity contribution >= 4 is 15.9 Å². The van der Waals surface area contributed by atoms with E-state index in [0.29, 0.717) is 0 Å². The van der Waals surface area contributed by atoms with Gasteiger partial charge < -0.3 is 0 Å². The normalized spacial score (nSPS) is 27.5. The molecular formula is C8H8BrF6N. The van der Waals surface area contributed by atoms with Crippen molar-refractivity contribution < 1.29 is 26.3 Å². The molecule has 0 aromatic heterocycles. The first-order chi connectivity index (χ1) is 7.14. The third kappa shape index (κ3) is 3.13. The number of rotatable bonds is 1. The molecule has 0 bridgehead atoms. The highest BCUT2D eigenvalue weighted by atomic mass is 79.9. The molecule has 0 saturated carbocycles. The average molecular weight is 312 g/mol. The van der Waals surface area contributed by atoms with Crippen molar-refractivity contribution in [3.63, 3.8) is 0 Å². The van der Waals surface area contributed by atoms with Crippen LogP contribution in [0.5, 0.6) is 0 Å². The molecule has 0 aromatic rings. The van der Waals surface area contributed by atoms with E-state index in [1.807, 2.05) is 0 Å². The highest BCUT2D eigenvalue weighted by Crippen LogP contribution is 2.40. The molecule has 0 aliphatic heterocycles. The molecule has 1 rings (SSSR count). The maximum Gasteiger partial charge on any atom is 0.467 e. The summed E-state index contributed by atoms with van der Waals surface area (Å²) in [5.74, 6) is 0. The number of alkyl halides is 7. The first-order valence-corrected chi connectivity index (χ1v) is 5.27. The minimum Gasteiger partial charge on any atom is -0.155 e. The van der Waals surface area contributed by atoms with Gasteiger partial charge in [0.05, 0.1) is 0 Å². The average Bonchev–Trinajstić information content (AvgIpc) is 2.03. The Morgan fingerprint density at radius 1 is 0.938 bits per heavy atom. The van der Waals surface area contributed by atoms with Crippen molar-refractivity contribution in [1.29, 1.82) is 0 Å². The molecule has 0 saturated heterocycles. The molecule has 0 amide bonds. The number of allylic oxidation sites excluding steroid dienone is 1. The molecule has 0 N–H and O–H groups in total. The van der Waals surface area contributed by atoms with Gasteiger partial charge in [-0.1, -0.05) is 28.1 Å². The van der Waals surface area contributed by atoms with Crippen LogP contribution in [0, 0.1) is 0 Å². The van der Waals surface area contributed by atoms with Gasteiger partial charge in [0, 0.05) is 10.9 Å². The molecule has 1 aliphatic rings. The van der Waals surface area contributed by atoms with Gasteiger partial charge in [0.15, 0.2) is 0 Å². The molecule has 8 heteroatoms. The van der Waals surface area contributed by atoms with Crippen molar-refractivity contribution in [2.75, 3.05) is 0 Å². The molecule has 0 heterocycles. The minimum atomic E-state index is -5.42. The second-order valence-corrected chi connectivity index (χ2v) is 4.51. The van der Waals surface area contributed by atoms with E-state index in [1.54, 1.807) is 6.08 Å². The largest absolute Gasteiger partial charge is 0.467 e. The van der Waals surface area contributed by atoms with Crippen LogP contribution in [0.15, 0.2) is 12.2 Å². The number of halogens is 7.